The number of hydrogen-bond acceptors (Lipinski definition) is 7. The summed E-state index contributed by atoms with van der Waals surface area (Å²) >= 11 is 1.07. The summed E-state index contributed by atoms with van der Waals surface area (Å²) in [6.45, 7) is 0. The minimum absolute atomic E-state index is 0.104. The first-order chi connectivity index (χ1) is 22.7. The second-order valence-corrected chi connectivity index (χ2v) is 12.6. The van der Waals surface area contributed by atoms with Gasteiger partial charge in [-0.15, -0.1) is 11.3 Å². The molecule has 5 aromatic carbocycles. The third kappa shape index (κ3) is 7.55. The van der Waals surface area contributed by atoms with Crippen LogP contribution in [0.4, 0.5) is 18.9 Å². The first kappa shape index (κ1) is 33.5. The molecule has 0 radical (unpaired) electrons. The quantitative estimate of drug-likeness (QED) is 0.151. The second kappa shape index (κ2) is 13.4. The summed E-state index contributed by atoms with van der Waals surface area (Å²) in [6, 6.07) is 31.7. The van der Waals surface area contributed by atoms with Crippen LogP contribution in [0.25, 0.3) is 32.7 Å². The number of benzene rings is 5. The van der Waals surface area contributed by atoms with Crippen LogP contribution >= 0.6 is 11.3 Å². The van der Waals surface area contributed by atoms with Crippen LogP contribution in [0, 0.1) is 11.3 Å². The number of nitriles is 1. The number of anilines is 1. The smallest absolute Gasteiger partial charge is 0.477 e. The van der Waals surface area contributed by atoms with Gasteiger partial charge in [0.1, 0.15) is 16.4 Å². The van der Waals surface area contributed by atoms with Crippen LogP contribution in [-0.4, -0.2) is 36.7 Å². The van der Waals surface area contributed by atoms with Crippen LogP contribution in [0.1, 0.15) is 15.2 Å². The first-order valence-corrected chi connectivity index (χ1v) is 16.0. The van der Waals surface area contributed by atoms with Gasteiger partial charge in [0, 0.05) is 16.8 Å². The van der Waals surface area contributed by atoms with Crippen molar-refractivity contribution in [3.8, 4) is 28.7 Å². The molecule has 14 heteroatoms. The number of carbonyl (C=O) groups is 2. The molecular formula is C34H21F3N2O7S2. The number of fused-ring (bicyclic) bond motifs is 2. The molecule has 0 saturated heterocycles. The summed E-state index contributed by atoms with van der Waals surface area (Å²) in [5.74, 6) is -3.00. The number of nitrogens with zero attached hydrogens (tertiary/aromatic N) is 1. The van der Waals surface area contributed by atoms with Crippen molar-refractivity contribution in [3.63, 3.8) is 0 Å². The maximum Gasteiger partial charge on any atom is 0.490 e. The molecule has 0 spiro atoms. The average molecular weight is 691 g/mol. The number of aliphatic carboxylic acids is 1. The molecule has 242 valence electrons. The van der Waals surface area contributed by atoms with E-state index in [1.54, 1.807) is 66.0 Å². The molecule has 6 aromatic rings. The molecule has 0 amide bonds. The molecule has 1 aromatic heterocycles. The number of thiophene rings is 1. The van der Waals surface area contributed by atoms with Gasteiger partial charge in [0.05, 0.1) is 16.5 Å². The molecule has 0 saturated carbocycles. The van der Waals surface area contributed by atoms with Gasteiger partial charge in [-0.25, -0.2) is 18.0 Å². The molecular weight excluding hydrogens is 670 g/mol. The van der Waals surface area contributed by atoms with E-state index in [9.17, 15) is 36.8 Å². The van der Waals surface area contributed by atoms with Crippen molar-refractivity contribution >= 4 is 60.5 Å². The first-order valence-electron chi connectivity index (χ1n) is 13.6. The molecule has 3 N–H and O–H groups in total. The van der Waals surface area contributed by atoms with E-state index < -0.39 is 28.1 Å². The Bertz CT molecular complexity index is 2350. The number of nitrogens with one attached hydrogen (secondary N) is 1. The summed E-state index contributed by atoms with van der Waals surface area (Å²) in [6.07, 6.45) is -5.08. The van der Waals surface area contributed by atoms with Gasteiger partial charge in [-0.1, -0.05) is 42.5 Å². The van der Waals surface area contributed by atoms with Gasteiger partial charge >= 0.3 is 18.1 Å². The van der Waals surface area contributed by atoms with E-state index in [1.165, 1.54) is 0 Å². The Morgan fingerprint density at radius 3 is 2.12 bits per heavy atom. The van der Waals surface area contributed by atoms with E-state index in [0.717, 1.165) is 32.9 Å². The van der Waals surface area contributed by atoms with E-state index in [-0.39, 0.29) is 15.5 Å². The second-order valence-electron chi connectivity index (χ2n) is 10.0. The molecule has 0 aliphatic carbocycles. The number of sulfonamides is 1. The van der Waals surface area contributed by atoms with Crippen LogP contribution in [-0.2, 0) is 14.8 Å². The van der Waals surface area contributed by atoms with Crippen LogP contribution in [0.15, 0.2) is 113 Å². The van der Waals surface area contributed by atoms with Crippen LogP contribution in [0.5, 0.6) is 11.5 Å². The molecule has 0 unspecified atom stereocenters. The highest BCUT2D eigenvalue weighted by Crippen LogP contribution is 2.40. The molecule has 0 aliphatic rings. The highest BCUT2D eigenvalue weighted by atomic mass is 32.2. The number of aromatic carboxylic acids is 1. The van der Waals surface area contributed by atoms with Gasteiger partial charge in [0.15, 0.2) is 0 Å². The van der Waals surface area contributed by atoms with Crippen molar-refractivity contribution in [3.05, 3.63) is 119 Å². The van der Waals surface area contributed by atoms with Crippen molar-refractivity contribution in [1.82, 2.24) is 0 Å². The average Bonchev–Trinajstić information content (AvgIpc) is 3.55. The Morgan fingerprint density at radius 2 is 1.44 bits per heavy atom. The van der Waals surface area contributed by atoms with E-state index in [0.29, 0.717) is 28.2 Å². The Hall–Kier alpha value is -5.91. The lowest BCUT2D eigenvalue weighted by Crippen LogP contribution is -2.21. The van der Waals surface area contributed by atoms with E-state index in [4.69, 9.17) is 14.6 Å². The number of alkyl halides is 3. The van der Waals surface area contributed by atoms with Crippen molar-refractivity contribution in [2.24, 2.45) is 0 Å². The zero-order chi connectivity index (χ0) is 34.6. The minimum atomic E-state index is -5.08. The number of carboxylic acid groups (broad SMARTS) is 2. The third-order valence-corrected chi connectivity index (χ3v) is 9.11. The Kier molecular flexibility index (Phi) is 9.37. The SMILES string of the molecule is N#Cc1ccc2cc(Oc3ccc(NS(=O)(=O)c4ccc5ccccc5c4)cc3-c3ccsc3C(=O)O)ccc2c1.O=C(O)C(F)(F)F. The van der Waals surface area contributed by atoms with Crippen LogP contribution in [0.3, 0.4) is 0 Å². The van der Waals surface area contributed by atoms with Crippen LogP contribution in [0.2, 0.25) is 0 Å². The van der Waals surface area contributed by atoms with Crippen molar-refractivity contribution in [2.45, 2.75) is 11.1 Å². The van der Waals surface area contributed by atoms with Crippen molar-refractivity contribution < 1.29 is 46.1 Å². The number of hydrogen-bond donors (Lipinski definition) is 3. The lowest BCUT2D eigenvalue weighted by Gasteiger charge is -2.15. The predicted molar refractivity (Wildman–Crippen MR) is 174 cm³/mol. The standard InChI is InChI=1S/C32H20N2O5S2.C2HF3O2/c33-19-20-5-6-24-16-26(10-7-23(24)15-20)39-30-12-9-25(18-29(30)28-13-14-40-31(28)32(35)36)34-41(37,38)27-11-8-21-3-1-2-4-22(21)17-27;3-2(4,5)1(6)7/h1-18,34H,(H,35,36);(H,6,7). The maximum absolute atomic E-state index is 13.3. The van der Waals surface area contributed by atoms with Crippen molar-refractivity contribution in [1.29, 1.82) is 5.26 Å². The van der Waals surface area contributed by atoms with E-state index >= 15 is 0 Å². The van der Waals surface area contributed by atoms with Gasteiger partial charge in [0.25, 0.3) is 10.0 Å². The monoisotopic (exact) mass is 690 g/mol. The fourth-order valence-electron chi connectivity index (χ4n) is 4.61. The molecule has 0 atom stereocenters. The molecule has 0 bridgehead atoms. The normalized spacial score (nSPS) is 11.3. The van der Waals surface area contributed by atoms with Gasteiger partial charge in [-0.3, -0.25) is 4.72 Å². The summed E-state index contributed by atoms with van der Waals surface area (Å²) in [4.78, 5) is 21.1. The van der Waals surface area contributed by atoms with Gasteiger partial charge in [0.2, 0.25) is 0 Å². The zero-order valence-electron chi connectivity index (χ0n) is 24.2. The minimum Gasteiger partial charge on any atom is -0.477 e. The number of rotatable bonds is 7. The lowest BCUT2D eigenvalue weighted by molar-refractivity contribution is -0.192. The third-order valence-electron chi connectivity index (χ3n) is 6.82. The number of ether oxygens (including phenoxy) is 1. The van der Waals surface area contributed by atoms with Crippen LogP contribution < -0.4 is 9.46 Å². The largest absolute Gasteiger partial charge is 0.490 e. The fraction of sp³-hybridized carbons (Fsp3) is 0.0294. The molecule has 0 fully saturated rings. The summed E-state index contributed by atoms with van der Waals surface area (Å²) in [7, 11) is -3.95. The summed E-state index contributed by atoms with van der Waals surface area (Å²) < 4.78 is 67.2. The molecule has 0 aliphatic heterocycles. The summed E-state index contributed by atoms with van der Waals surface area (Å²) in [5.41, 5.74) is 1.63. The molecule has 1 heterocycles. The molecule has 6 rings (SSSR count). The topological polar surface area (TPSA) is 154 Å². The number of halogens is 3. The maximum atomic E-state index is 13.3. The Balaban J connectivity index is 0.000000582. The highest BCUT2D eigenvalue weighted by molar-refractivity contribution is 7.92. The zero-order valence-corrected chi connectivity index (χ0v) is 25.9. The van der Waals surface area contributed by atoms with E-state index in [1.807, 2.05) is 42.5 Å². The highest BCUT2D eigenvalue weighted by Gasteiger charge is 2.38. The Morgan fingerprint density at radius 1 is 0.792 bits per heavy atom. The predicted octanol–water partition coefficient (Wildman–Crippen LogP) is 8.52. The van der Waals surface area contributed by atoms with Gasteiger partial charge in [-0.05, 0) is 87.6 Å². The molecule has 48 heavy (non-hydrogen) atoms. The lowest BCUT2D eigenvalue weighted by atomic mass is 10.0. The van der Waals surface area contributed by atoms with Gasteiger partial charge in [-0.2, -0.15) is 18.4 Å². The van der Waals surface area contributed by atoms with E-state index in [2.05, 4.69) is 10.8 Å². The molecule has 9 nitrogen and oxygen atoms in total. The van der Waals surface area contributed by atoms with Crippen molar-refractivity contribution in [2.75, 3.05) is 4.72 Å². The van der Waals surface area contributed by atoms with Gasteiger partial charge < -0.3 is 14.9 Å². The number of carboxylic acids is 2. The summed E-state index contributed by atoms with van der Waals surface area (Å²) in [5, 5.41) is 31.2. The Labute approximate surface area is 274 Å². The fourth-order valence-corrected chi connectivity index (χ4v) is 6.44.